The van der Waals surface area contributed by atoms with E-state index in [2.05, 4.69) is 38.2 Å². The van der Waals surface area contributed by atoms with E-state index in [4.69, 9.17) is 4.43 Å². The second kappa shape index (κ2) is 7.57. The van der Waals surface area contributed by atoms with Crippen LogP contribution in [0.1, 0.15) is 53.4 Å². The molecule has 0 fully saturated rings. The zero-order valence-corrected chi connectivity index (χ0v) is 10.5. The maximum absolute atomic E-state index is 5.26. The molecule has 0 amide bonds. The number of hydrogen-bond acceptors (Lipinski definition) is 1. The highest BCUT2D eigenvalue weighted by atomic mass is 28.2. The molecule has 0 rings (SSSR count). The standard InChI is InChI=1S/C11H23OSi/c1-9(2)5-7-11(12-13)8-6-10(3)4/h9-11H,5-8H2,1-4H3. The fourth-order valence-electron chi connectivity index (χ4n) is 1.30. The minimum absolute atomic E-state index is 0.404. The van der Waals surface area contributed by atoms with Gasteiger partial charge >= 0.3 is 0 Å². The molecule has 2 heteroatoms. The van der Waals surface area contributed by atoms with E-state index in [-0.39, 0.29) is 0 Å². The molecule has 0 unspecified atom stereocenters. The molecule has 0 aliphatic carbocycles. The Morgan fingerprint density at radius 2 is 1.23 bits per heavy atom. The van der Waals surface area contributed by atoms with Crippen LogP contribution in [0, 0.1) is 11.8 Å². The van der Waals surface area contributed by atoms with Gasteiger partial charge < -0.3 is 4.43 Å². The van der Waals surface area contributed by atoms with Crippen LogP contribution in [-0.4, -0.2) is 16.6 Å². The van der Waals surface area contributed by atoms with Gasteiger partial charge in [0.25, 0.3) is 0 Å². The summed E-state index contributed by atoms with van der Waals surface area (Å²) in [6.07, 6.45) is 5.27. The van der Waals surface area contributed by atoms with Gasteiger partial charge in [0.15, 0.2) is 0 Å². The van der Waals surface area contributed by atoms with E-state index in [1.165, 1.54) is 25.7 Å². The maximum atomic E-state index is 5.26. The SMILES string of the molecule is CC(C)CCC(CCC(C)C)O[Si]. The van der Waals surface area contributed by atoms with Crippen LogP contribution in [0.25, 0.3) is 0 Å². The van der Waals surface area contributed by atoms with Crippen LogP contribution in [0.15, 0.2) is 0 Å². The lowest BCUT2D eigenvalue weighted by Gasteiger charge is -2.17. The fraction of sp³-hybridized carbons (Fsp3) is 1.00. The van der Waals surface area contributed by atoms with Gasteiger partial charge in [-0.3, -0.25) is 0 Å². The minimum Gasteiger partial charge on any atom is -0.416 e. The van der Waals surface area contributed by atoms with Crippen LogP contribution in [-0.2, 0) is 4.43 Å². The topological polar surface area (TPSA) is 9.23 Å². The predicted octanol–water partition coefficient (Wildman–Crippen LogP) is 3.33. The summed E-state index contributed by atoms with van der Waals surface area (Å²) in [5.74, 6) is 1.56. The molecule has 0 aromatic carbocycles. The zero-order chi connectivity index (χ0) is 10.3. The van der Waals surface area contributed by atoms with Crippen LogP contribution >= 0.6 is 0 Å². The van der Waals surface area contributed by atoms with Crippen molar-refractivity contribution >= 4 is 10.5 Å². The van der Waals surface area contributed by atoms with Crippen LogP contribution in [0.4, 0.5) is 0 Å². The first-order valence-electron chi connectivity index (χ1n) is 5.38. The van der Waals surface area contributed by atoms with Crippen molar-refractivity contribution in [3.8, 4) is 0 Å². The Kier molecular flexibility index (Phi) is 7.67. The average molecular weight is 199 g/mol. The highest BCUT2D eigenvalue weighted by molar-refractivity contribution is 5.98. The number of hydrogen-bond donors (Lipinski definition) is 0. The highest BCUT2D eigenvalue weighted by Gasteiger charge is 2.08. The Balaban J connectivity index is 3.51. The van der Waals surface area contributed by atoms with Gasteiger partial charge in [0.1, 0.15) is 0 Å². The Hall–Kier alpha value is 0.177. The van der Waals surface area contributed by atoms with E-state index in [9.17, 15) is 0 Å². The van der Waals surface area contributed by atoms with Crippen molar-refractivity contribution < 1.29 is 4.43 Å². The first kappa shape index (κ1) is 13.2. The van der Waals surface area contributed by atoms with Crippen LogP contribution in [0.2, 0.25) is 0 Å². The van der Waals surface area contributed by atoms with Gasteiger partial charge in [-0.25, -0.2) is 0 Å². The molecule has 0 spiro atoms. The average Bonchev–Trinajstić information content (AvgIpc) is 2.04. The third kappa shape index (κ3) is 8.51. The Morgan fingerprint density at radius 1 is 0.846 bits per heavy atom. The molecule has 0 aromatic heterocycles. The van der Waals surface area contributed by atoms with Gasteiger partial charge in [-0.15, -0.1) is 0 Å². The molecule has 0 N–H and O–H groups in total. The molecule has 77 valence electrons. The van der Waals surface area contributed by atoms with E-state index in [1.54, 1.807) is 0 Å². The molecule has 1 nitrogen and oxygen atoms in total. The summed E-state index contributed by atoms with van der Waals surface area (Å²) in [4.78, 5) is 0. The summed E-state index contributed by atoms with van der Waals surface area (Å²) < 4.78 is 5.26. The lowest BCUT2D eigenvalue weighted by molar-refractivity contribution is 0.180. The second-order valence-corrected chi connectivity index (χ2v) is 4.92. The smallest absolute Gasteiger partial charge is 0.246 e. The molecule has 0 atom stereocenters. The molecule has 0 aliphatic rings. The van der Waals surface area contributed by atoms with E-state index in [0.717, 1.165) is 11.8 Å². The summed E-state index contributed by atoms with van der Waals surface area (Å²) in [7, 11) is 3.16. The molecule has 0 saturated heterocycles. The Morgan fingerprint density at radius 3 is 1.46 bits per heavy atom. The van der Waals surface area contributed by atoms with Crippen molar-refractivity contribution in [2.75, 3.05) is 0 Å². The van der Waals surface area contributed by atoms with Gasteiger partial charge in [0, 0.05) is 6.10 Å². The molecule has 3 radical (unpaired) electrons. The molecule has 0 saturated carbocycles. The van der Waals surface area contributed by atoms with Gasteiger partial charge in [-0.05, 0) is 37.5 Å². The monoisotopic (exact) mass is 199 g/mol. The molecule has 0 bridgehead atoms. The van der Waals surface area contributed by atoms with Crippen LogP contribution < -0.4 is 0 Å². The lowest BCUT2D eigenvalue weighted by Crippen LogP contribution is -2.13. The normalized spacial score (nSPS) is 12.0. The predicted molar refractivity (Wildman–Crippen MR) is 58.8 cm³/mol. The largest absolute Gasteiger partial charge is 0.416 e. The summed E-state index contributed by atoms with van der Waals surface area (Å²) in [6.45, 7) is 9.03. The molecule has 0 heterocycles. The maximum Gasteiger partial charge on any atom is 0.246 e. The van der Waals surface area contributed by atoms with Crippen molar-refractivity contribution in [2.45, 2.75) is 59.5 Å². The third-order valence-electron chi connectivity index (χ3n) is 2.30. The zero-order valence-electron chi connectivity index (χ0n) is 9.47. The highest BCUT2D eigenvalue weighted by Crippen LogP contribution is 2.15. The molecular weight excluding hydrogens is 176 g/mol. The second-order valence-electron chi connectivity index (χ2n) is 4.68. The van der Waals surface area contributed by atoms with Gasteiger partial charge in [-0.2, -0.15) is 0 Å². The Labute approximate surface area is 86.8 Å². The van der Waals surface area contributed by atoms with E-state index in [1.807, 2.05) is 0 Å². The van der Waals surface area contributed by atoms with Gasteiger partial charge in [0.05, 0.1) is 0 Å². The summed E-state index contributed by atoms with van der Waals surface area (Å²) >= 11 is 0. The Bertz CT molecular complexity index is 101. The summed E-state index contributed by atoms with van der Waals surface area (Å²) in [6, 6.07) is 0. The quantitative estimate of drug-likeness (QED) is 0.572. The van der Waals surface area contributed by atoms with Gasteiger partial charge in [-0.1, -0.05) is 27.7 Å². The first-order chi connectivity index (χ1) is 6.06. The third-order valence-corrected chi connectivity index (χ3v) is 2.63. The fourth-order valence-corrected chi connectivity index (χ4v) is 1.54. The number of rotatable bonds is 7. The van der Waals surface area contributed by atoms with Gasteiger partial charge in [0.2, 0.25) is 10.5 Å². The van der Waals surface area contributed by atoms with Crippen molar-refractivity contribution in [3.63, 3.8) is 0 Å². The molecule has 13 heavy (non-hydrogen) atoms. The molecule has 0 aliphatic heterocycles. The summed E-state index contributed by atoms with van der Waals surface area (Å²) in [5, 5.41) is 0. The molecule has 0 aromatic rings. The minimum atomic E-state index is 0.404. The van der Waals surface area contributed by atoms with Crippen molar-refractivity contribution in [1.82, 2.24) is 0 Å². The van der Waals surface area contributed by atoms with E-state index >= 15 is 0 Å². The summed E-state index contributed by atoms with van der Waals surface area (Å²) in [5.41, 5.74) is 0. The molecular formula is C11H23OSi. The lowest BCUT2D eigenvalue weighted by atomic mass is 9.99. The van der Waals surface area contributed by atoms with Crippen molar-refractivity contribution in [2.24, 2.45) is 11.8 Å². The van der Waals surface area contributed by atoms with Crippen LogP contribution in [0.5, 0.6) is 0 Å². The van der Waals surface area contributed by atoms with E-state index < -0.39 is 0 Å². The van der Waals surface area contributed by atoms with Crippen molar-refractivity contribution in [3.05, 3.63) is 0 Å². The van der Waals surface area contributed by atoms with Crippen molar-refractivity contribution in [1.29, 1.82) is 0 Å². The first-order valence-corrected chi connectivity index (χ1v) is 5.79. The van der Waals surface area contributed by atoms with Crippen LogP contribution in [0.3, 0.4) is 0 Å². The van der Waals surface area contributed by atoms with E-state index in [0.29, 0.717) is 6.10 Å².